The first-order valence-electron chi connectivity index (χ1n) is 6.11. The number of unbranched alkanes of at least 4 members (excludes halogenated alkanes) is 2. The number of carboxylic acids is 1. The number of carbonyl (C=O) groups is 2. The highest BCUT2D eigenvalue weighted by Crippen LogP contribution is 2.14. The summed E-state index contributed by atoms with van der Waals surface area (Å²) in [5, 5.41) is 8.52. The van der Waals surface area contributed by atoms with Crippen molar-refractivity contribution in [2.45, 2.75) is 32.6 Å². The molecule has 1 aromatic rings. The van der Waals surface area contributed by atoms with Gasteiger partial charge in [0.2, 0.25) is 0 Å². The van der Waals surface area contributed by atoms with Gasteiger partial charge in [-0.1, -0.05) is 19.8 Å². The molecule has 0 spiro atoms. The second kappa shape index (κ2) is 7.48. The number of carbonyl (C=O) groups excluding carboxylic acids is 1. The van der Waals surface area contributed by atoms with Gasteiger partial charge < -0.3 is 9.84 Å². The topological polar surface area (TPSA) is 63.6 Å². The number of benzene rings is 1. The van der Waals surface area contributed by atoms with Crippen molar-refractivity contribution in [2.24, 2.45) is 0 Å². The molecule has 0 unspecified atom stereocenters. The van der Waals surface area contributed by atoms with E-state index in [2.05, 4.69) is 6.92 Å². The quantitative estimate of drug-likeness (QED) is 0.437. The highest BCUT2D eigenvalue weighted by atomic mass is 16.5. The highest BCUT2D eigenvalue weighted by molar-refractivity contribution is 6.05. The molecule has 0 aliphatic rings. The lowest BCUT2D eigenvalue weighted by molar-refractivity contribution is -0.135. The third kappa shape index (κ3) is 4.99. The lowest BCUT2D eigenvalue weighted by atomic mass is 10.1. The Kier molecular flexibility index (Phi) is 5.91. The van der Waals surface area contributed by atoms with Crippen LogP contribution in [0.5, 0.6) is 5.75 Å². The lowest BCUT2D eigenvalue weighted by Crippen LogP contribution is -2.06. The Balaban J connectivity index is 2.47. The van der Waals surface area contributed by atoms with Crippen LogP contribution >= 0.6 is 0 Å². The number of aliphatic carboxylic acids is 1. The molecule has 0 saturated heterocycles. The zero-order chi connectivity index (χ0) is 13.4. The second-order valence-corrected chi connectivity index (χ2v) is 4.07. The molecule has 98 valence electrons. The van der Waals surface area contributed by atoms with Crippen LogP contribution < -0.4 is 4.74 Å². The molecule has 4 heteroatoms. The molecule has 0 bridgehead atoms. The molecule has 0 saturated carbocycles. The van der Waals surface area contributed by atoms with Crippen molar-refractivity contribution in [3.8, 4) is 5.75 Å². The van der Waals surface area contributed by atoms with Crippen molar-refractivity contribution in [1.29, 1.82) is 0 Å². The fourth-order valence-electron chi connectivity index (χ4n) is 1.52. The molecular formula is C14H18O4. The molecule has 0 radical (unpaired) electrons. The van der Waals surface area contributed by atoms with Crippen LogP contribution in [0.15, 0.2) is 24.3 Å². The molecule has 1 N–H and O–H groups in total. The largest absolute Gasteiger partial charge is 0.494 e. The number of Topliss-reactive ketones (excluding diaryl/α,β-unsaturated/α-hetero) is 1. The Bertz CT molecular complexity index is 395. The summed E-state index contributed by atoms with van der Waals surface area (Å²) in [6.07, 6.45) is 2.81. The van der Waals surface area contributed by atoms with Crippen LogP contribution in [0.2, 0.25) is 0 Å². The van der Waals surface area contributed by atoms with Gasteiger partial charge >= 0.3 is 5.97 Å². The molecule has 0 atom stereocenters. The van der Waals surface area contributed by atoms with Crippen molar-refractivity contribution in [2.75, 3.05) is 6.61 Å². The molecule has 1 aromatic carbocycles. The van der Waals surface area contributed by atoms with Gasteiger partial charge in [0.25, 0.3) is 0 Å². The summed E-state index contributed by atoms with van der Waals surface area (Å²) in [7, 11) is 0. The van der Waals surface area contributed by atoms with Gasteiger partial charge in [-0.2, -0.15) is 0 Å². The Hall–Kier alpha value is -1.84. The van der Waals surface area contributed by atoms with Crippen LogP contribution in [0.25, 0.3) is 0 Å². The molecule has 0 aliphatic heterocycles. The van der Waals surface area contributed by atoms with E-state index in [1.807, 2.05) is 0 Å². The number of hydrogen-bond acceptors (Lipinski definition) is 3. The van der Waals surface area contributed by atoms with Crippen LogP contribution in [-0.4, -0.2) is 23.5 Å². The first-order valence-corrected chi connectivity index (χ1v) is 6.11. The van der Waals surface area contributed by atoms with E-state index in [1.54, 1.807) is 24.3 Å². The highest BCUT2D eigenvalue weighted by Gasteiger charge is 2.10. The minimum absolute atomic E-state index is 0.389. The zero-order valence-corrected chi connectivity index (χ0v) is 10.5. The van der Waals surface area contributed by atoms with Crippen molar-refractivity contribution in [3.63, 3.8) is 0 Å². The van der Waals surface area contributed by atoms with Crippen molar-refractivity contribution >= 4 is 11.8 Å². The van der Waals surface area contributed by atoms with Crippen LogP contribution in [0.4, 0.5) is 0 Å². The predicted octanol–water partition coefficient (Wildman–Crippen LogP) is 2.91. The van der Waals surface area contributed by atoms with Crippen LogP contribution in [0.3, 0.4) is 0 Å². The number of carboxylic acid groups (broad SMARTS) is 1. The molecule has 0 aliphatic carbocycles. The van der Waals surface area contributed by atoms with Gasteiger partial charge in [-0.05, 0) is 30.7 Å². The first-order chi connectivity index (χ1) is 8.63. The van der Waals surface area contributed by atoms with Gasteiger partial charge in [-0.15, -0.1) is 0 Å². The molecule has 18 heavy (non-hydrogen) atoms. The monoisotopic (exact) mass is 250 g/mol. The Morgan fingerprint density at radius 1 is 1.17 bits per heavy atom. The summed E-state index contributed by atoms with van der Waals surface area (Å²) >= 11 is 0. The van der Waals surface area contributed by atoms with Crippen LogP contribution in [0.1, 0.15) is 43.0 Å². The van der Waals surface area contributed by atoms with Gasteiger partial charge in [-0.25, -0.2) is 0 Å². The Morgan fingerprint density at radius 3 is 2.39 bits per heavy atom. The molecule has 0 aromatic heterocycles. The van der Waals surface area contributed by atoms with Gasteiger partial charge in [0.05, 0.1) is 6.61 Å². The Labute approximate surface area is 107 Å². The van der Waals surface area contributed by atoms with E-state index in [-0.39, 0.29) is 5.78 Å². The maximum absolute atomic E-state index is 11.4. The smallest absolute Gasteiger partial charge is 0.311 e. The fourth-order valence-corrected chi connectivity index (χ4v) is 1.52. The minimum atomic E-state index is -1.11. The maximum Gasteiger partial charge on any atom is 0.311 e. The standard InChI is InChI=1S/C14H18O4/c1-2-3-4-9-18-12-7-5-11(6-8-12)13(15)10-14(16)17/h5-8H,2-4,9-10H2,1H3,(H,16,17). The minimum Gasteiger partial charge on any atom is -0.494 e. The SMILES string of the molecule is CCCCCOc1ccc(C(=O)CC(=O)O)cc1. The number of ketones is 1. The average molecular weight is 250 g/mol. The maximum atomic E-state index is 11.4. The molecule has 4 nitrogen and oxygen atoms in total. The Morgan fingerprint density at radius 2 is 1.83 bits per heavy atom. The number of rotatable bonds is 8. The van der Waals surface area contributed by atoms with E-state index in [0.717, 1.165) is 19.3 Å². The lowest BCUT2D eigenvalue weighted by Gasteiger charge is -2.06. The summed E-state index contributed by atoms with van der Waals surface area (Å²) in [6.45, 7) is 2.79. The summed E-state index contributed by atoms with van der Waals surface area (Å²) in [4.78, 5) is 21.9. The third-order valence-corrected chi connectivity index (χ3v) is 2.50. The summed E-state index contributed by atoms with van der Waals surface area (Å²) in [5.74, 6) is -0.794. The van der Waals surface area contributed by atoms with E-state index in [0.29, 0.717) is 17.9 Å². The van der Waals surface area contributed by atoms with Crippen LogP contribution in [0, 0.1) is 0 Å². The average Bonchev–Trinajstić information content (AvgIpc) is 2.34. The van der Waals surface area contributed by atoms with Crippen LogP contribution in [-0.2, 0) is 4.79 Å². The molecule has 0 fully saturated rings. The van der Waals surface area contributed by atoms with Crippen molar-refractivity contribution in [1.82, 2.24) is 0 Å². The predicted molar refractivity (Wildman–Crippen MR) is 68.0 cm³/mol. The normalized spacial score (nSPS) is 10.1. The van der Waals surface area contributed by atoms with E-state index < -0.39 is 12.4 Å². The molecular weight excluding hydrogens is 232 g/mol. The van der Waals surface area contributed by atoms with E-state index in [9.17, 15) is 9.59 Å². The van der Waals surface area contributed by atoms with E-state index in [4.69, 9.17) is 9.84 Å². The van der Waals surface area contributed by atoms with Gasteiger partial charge in [-0.3, -0.25) is 9.59 Å². The summed E-state index contributed by atoms with van der Waals surface area (Å²) < 4.78 is 5.50. The fraction of sp³-hybridized carbons (Fsp3) is 0.429. The second-order valence-electron chi connectivity index (χ2n) is 4.07. The van der Waals surface area contributed by atoms with Crippen molar-refractivity contribution in [3.05, 3.63) is 29.8 Å². The van der Waals surface area contributed by atoms with Crippen molar-refractivity contribution < 1.29 is 19.4 Å². The number of ether oxygens (including phenoxy) is 1. The molecule has 1 rings (SSSR count). The van der Waals surface area contributed by atoms with Gasteiger partial charge in [0.15, 0.2) is 5.78 Å². The summed E-state index contributed by atoms with van der Waals surface area (Å²) in [6, 6.07) is 6.59. The zero-order valence-electron chi connectivity index (χ0n) is 10.5. The van der Waals surface area contributed by atoms with Gasteiger partial charge in [0.1, 0.15) is 12.2 Å². The third-order valence-electron chi connectivity index (χ3n) is 2.50. The first kappa shape index (κ1) is 14.2. The molecule has 0 heterocycles. The van der Waals surface area contributed by atoms with Gasteiger partial charge in [0, 0.05) is 5.56 Å². The molecule has 0 amide bonds. The van der Waals surface area contributed by atoms with E-state index in [1.165, 1.54) is 0 Å². The van der Waals surface area contributed by atoms with E-state index >= 15 is 0 Å². The summed E-state index contributed by atoms with van der Waals surface area (Å²) in [5.41, 5.74) is 0.401. The number of hydrogen-bond donors (Lipinski definition) is 1.